The van der Waals surface area contributed by atoms with E-state index in [9.17, 15) is 14.3 Å². The quantitative estimate of drug-likeness (QED) is 0.766. The molecule has 2 heterocycles. The van der Waals surface area contributed by atoms with Gasteiger partial charge in [-0.1, -0.05) is 0 Å². The molecule has 1 amide bonds. The molecule has 0 bridgehead atoms. The molecule has 1 fully saturated rings. The third-order valence-electron chi connectivity index (χ3n) is 4.82. The van der Waals surface area contributed by atoms with Crippen LogP contribution < -0.4 is 4.74 Å². The number of likely N-dealkylation sites (N-methyl/N-ethyl adjacent to an activating group) is 1. The van der Waals surface area contributed by atoms with Crippen LogP contribution in [0.5, 0.6) is 5.75 Å². The van der Waals surface area contributed by atoms with Crippen molar-refractivity contribution >= 4 is 5.91 Å². The molecule has 0 unspecified atom stereocenters. The van der Waals surface area contributed by atoms with Crippen LogP contribution in [0.4, 0.5) is 4.39 Å². The number of methoxy groups -OCH3 is 1. The van der Waals surface area contributed by atoms with Crippen molar-refractivity contribution in [1.82, 2.24) is 19.8 Å². The van der Waals surface area contributed by atoms with E-state index in [1.807, 2.05) is 11.9 Å². The molecule has 2 aromatic rings. The summed E-state index contributed by atoms with van der Waals surface area (Å²) in [4.78, 5) is 23.5. The molecule has 0 saturated carbocycles. The molecule has 0 radical (unpaired) electrons. The number of hydrogen-bond acceptors (Lipinski definition) is 5. The Morgan fingerprint density at radius 1 is 1.48 bits per heavy atom. The number of nitrogens with one attached hydrogen (secondary N) is 1. The van der Waals surface area contributed by atoms with Crippen LogP contribution in [0.1, 0.15) is 24.2 Å². The second-order valence-corrected chi connectivity index (χ2v) is 7.03. The van der Waals surface area contributed by atoms with Crippen LogP contribution in [-0.2, 0) is 17.9 Å². The first-order valence-electron chi connectivity index (χ1n) is 8.92. The Kier molecular flexibility index (Phi) is 5.76. The number of imidazole rings is 1. The predicted octanol–water partition coefficient (Wildman–Crippen LogP) is 1.54. The van der Waals surface area contributed by atoms with Gasteiger partial charge in [-0.3, -0.25) is 9.69 Å². The van der Waals surface area contributed by atoms with Crippen molar-refractivity contribution < 1.29 is 19.0 Å². The van der Waals surface area contributed by atoms with Gasteiger partial charge in [-0.2, -0.15) is 0 Å². The third-order valence-corrected chi connectivity index (χ3v) is 4.82. The molecule has 1 saturated heterocycles. The molecule has 27 heavy (non-hydrogen) atoms. The summed E-state index contributed by atoms with van der Waals surface area (Å²) in [5.41, 5.74) is -1.12. The van der Waals surface area contributed by atoms with Crippen molar-refractivity contribution in [2.45, 2.75) is 31.5 Å². The maximum absolute atomic E-state index is 14.1. The molecule has 2 N–H and O–H groups in total. The lowest BCUT2D eigenvalue weighted by Crippen LogP contribution is -2.57. The number of aromatic nitrogens is 2. The molecule has 1 aromatic carbocycles. The predicted molar refractivity (Wildman–Crippen MR) is 97.5 cm³/mol. The summed E-state index contributed by atoms with van der Waals surface area (Å²) in [5.74, 6) is 0.527. The summed E-state index contributed by atoms with van der Waals surface area (Å²) < 4.78 is 19.3. The number of nitrogens with zero attached hydrogens (tertiary/aromatic N) is 3. The fourth-order valence-electron chi connectivity index (χ4n) is 3.51. The Balaban J connectivity index is 1.69. The summed E-state index contributed by atoms with van der Waals surface area (Å²) >= 11 is 0. The van der Waals surface area contributed by atoms with E-state index in [1.54, 1.807) is 18.5 Å². The van der Waals surface area contributed by atoms with Gasteiger partial charge in [0.15, 0.2) is 5.60 Å². The van der Waals surface area contributed by atoms with Gasteiger partial charge >= 0.3 is 0 Å². The largest absolute Gasteiger partial charge is 0.497 e. The fourth-order valence-corrected chi connectivity index (χ4v) is 3.51. The van der Waals surface area contributed by atoms with Crippen LogP contribution in [0.2, 0.25) is 0 Å². The van der Waals surface area contributed by atoms with Crippen LogP contribution in [0.3, 0.4) is 0 Å². The number of H-pyrrole nitrogens is 1. The van der Waals surface area contributed by atoms with Gasteiger partial charge in [0.05, 0.1) is 13.7 Å². The van der Waals surface area contributed by atoms with E-state index in [0.29, 0.717) is 37.2 Å². The molecule has 1 aliphatic heterocycles. The zero-order valence-corrected chi connectivity index (χ0v) is 15.6. The molecular weight excluding hydrogens is 351 g/mol. The van der Waals surface area contributed by atoms with Gasteiger partial charge in [0.1, 0.15) is 17.4 Å². The van der Waals surface area contributed by atoms with Crippen molar-refractivity contribution in [3.63, 3.8) is 0 Å². The third kappa shape index (κ3) is 4.45. The first-order chi connectivity index (χ1) is 12.9. The van der Waals surface area contributed by atoms with Gasteiger partial charge in [0.25, 0.3) is 5.91 Å². The van der Waals surface area contributed by atoms with E-state index in [4.69, 9.17) is 4.74 Å². The molecule has 8 heteroatoms. The summed E-state index contributed by atoms with van der Waals surface area (Å²) in [6, 6.07) is 4.45. The Morgan fingerprint density at radius 2 is 2.30 bits per heavy atom. The van der Waals surface area contributed by atoms with Gasteiger partial charge in [0.2, 0.25) is 0 Å². The van der Waals surface area contributed by atoms with Gasteiger partial charge in [0, 0.05) is 37.6 Å². The second-order valence-electron chi connectivity index (χ2n) is 7.03. The molecule has 0 spiro atoms. The van der Waals surface area contributed by atoms with E-state index in [2.05, 4.69) is 9.97 Å². The topological polar surface area (TPSA) is 81.7 Å². The minimum atomic E-state index is -1.49. The van der Waals surface area contributed by atoms with E-state index in [0.717, 1.165) is 5.82 Å². The normalized spacial score (nSPS) is 20.3. The monoisotopic (exact) mass is 376 g/mol. The highest BCUT2D eigenvalue weighted by Crippen LogP contribution is 2.27. The molecule has 146 valence electrons. The van der Waals surface area contributed by atoms with Crippen molar-refractivity contribution in [2.24, 2.45) is 0 Å². The zero-order valence-electron chi connectivity index (χ0n) is 15.6. The smallest absolute Gasteiger partial charge is 0.256 e. The zero-order chi connectivity index (χ0) is 19.4. The van der Waals surface area contributed by atoms with Gasteiger partial charge in [-0.05, 0) is 38.1 Å². The summed E-state index contributed by atoms with van der Waals surface area (Å²) in [5, 5.41) is 11.0. The lowest BCUT2D eigenvalue weighted by Gasteiger charge is -2.40. The number of carbonyl (C=O) groups is 1. The Hall–Kier alpha value is -2.45. The number of carbonyl (C=O) groups excluding carboxylic acids is 1. The maximum atomic E-state index is 14.1. The number of amides is 1. The average molecular weight is 376 g/mol. The SMILES string of the molecule is COc1ccc(F)c(CN2CCC[C@](O)(CN(C)Cc3ncc[nH]3)C2=O)c1. The highest BCUT2D eigenvalue weighted by Gasteiger charge is 2.43. The Labute approximate surface area is 157 Å². The van der Waals surface area contributed by atoms with Gasteiger partial charge in [-0.15, -0.1) is 0 Å². The number of aromatic amines is 1. The first-order valence-corrected chi connectivity index (χ1v) is 8.92. The summed E-state index contributed by atoms with van der Waals surface area (Å²) in [7, 11) is 3.34. The van der Waals surface area contributed by atoms with Crippen LogP contribution in [0.25, 0.3) is 0 Å². The van der Waals surface area contributed by atoms with Crippen molar-refractivity contribution in [1.29, 1.82) is 0 Å². The van der Waals surface area contributed by atoms with Gasteiger partial charge < -0.3 is 19.7 Å². The highest BCUT2D eigenvalue weighted by atomic mass is 19.1. The number of ether oxygens (including phenoxy) is 1. The number of halogens is 1. The molecular formula is C19H25FN4O3. The first kappa shape index (κ1) is 19.3. The van der Waals surface area contributed by atoms with Crippen LogP contribution in [0.15, 0.2) is 30.6 Å². The molecule has 1 atom stereocenters. The number of aliphatic hydroxyl groups is 1. The summed E-state index contributed by atoms with van der Waals surface area (Å²) in [6.45, 7) is 1.27. The number of likely N-dealkylation sites (tertiary alicyclic amines) is 1. The minimum absolute atomic E-state index is 0.103. The molecule has 7 nitrogen and oxygen atoms in total. The maximum Gasteiger partial charge on any atom is 0.256 e. The minimum Gasteiger partial charge on any atom is -0.497 e. The number of benzene rings is 1. The van der Waals surface area contributed by atoms with E-state index in [-0.39, 0.29) is 19.0 Å². The number of piperidine rings is 1. The second kappa shape index (κ2) is 8.06. The van der Waals surface area contributed by atoms with Crippen molar-refractivity contribution in [3.05, 3.63) is 47.8 Å². The van der Waals surface area contributed by atoms with Crippen molar-refractivity contribution in [3.8, 4) is 5.75 Å². The fraction of sp³-hybridized carbons (Fsp3) is 0.474. The molecule has 3 rings (SSSR count). The molecule has 1 aliphatic rings. The van der Waals surface area contributed by atoms with E-state index < -0.39 is 11.4 Å². The standard InChI is InChI=1S/C19H25FN4O3/c1-23(12-17-21-7-8-22-17)13-19(26)6-3-9-24(18(19)25)11-14-10-15(27-2)4-5-16(14)20/h4-5,7-8,10,26H,3,6,9,11-13H2,1-2H3,(H,21,22)/t19-/m0/s1. The average Bonchev–Trinajstić information content (AvgIpc) is 3.13. The molecule has 0 aliphatic carbocycles. The Morgan fingerprint density at radius 3 is 3.00 bits per heavy atom. The van der Waals surface area contributed by atoms with E-state index >= 15 is 0 Å². The lowest BCUT2D eigenvalue weighted by atomic mass is 9.90. The van der Waals surface area contributed by atoms with Crippen molar-refractivity contribution in [2.75, 3.05) is 27.2 Å². The number of hydrogen-bond donors (Lipinski definition) is 2. The Bertz CT molecular complexity index is 783. The lowest BCUT2D eigenvalue weighted by molar-refractivity contribution is -0.160. The summed E-state index contributed by atoms with van der Waals surface area (Å²) in [6.07, 6.45) is 4.43. The van der Waals surface area contributed by atoms with Crippen LogP contribution in [-0.4, -0.2) is 63.6 Å². The van der Waals surface area contributed by atoms with E-state index in [1.165, 1.54) is 24.1 Å². The van der Waals surface area contributed by atoms with Crippen LogP contribution >= 0.6 is 0 Å². The van der Waals surface area contributed by atoms with Crippen LogP contribution in [0, 0.1) is 5.82 Å². The molecule has 1 aromatic heterocycles. The number of rotatable bonds is 7. The van der Waals surface area contributed by atoms with Gasteiger partial charge in [-0.25, -0.2) is 9.37 Å². The highest BCUT2D eigenvalue weighted by molar-refractivity contribution is 5.86.